The van der Waals surface area contributed by atoms with E-state index in [9.17, 15) is 4.79 Å². The van der Waals surface area contributed by atoms with E-state index in [2.05, 4.69) is 20.3 Å². The topological polar surface area (TPSA) is 85.6 Å². The normalized spacial score (nSPS) is 18.4. The fourth-order valence-corrected chi connectivity index (χ4v) is 4.38. The number of hydrogen-bond donors (Lipinski definition) is 1. The molecule has 1 atom stereocenters. The number of rotatable bonds is 4. The summed E-state index contributed by atoms with van der Waals surface area (Å²) in [5.41, 5.74) is 3.50. The van der Waals surface area contributed by atoms with Crippen molar-refractivity contribution in [1.29, 1.82) is 0 Å². The number of carbonyl (C=O) groups excluding carboxylic acids is 1. The quantitative estimate of drug-likeness (QED) is 0.684. The van der Waals surface area contributed by atoms with E-state index >= 15 is 0 Å². The molecular weight excluding hydrogens is 372 g/mol. The van der Waals surface area contributed by atoms with Crippen molar-refractivity contribution < 1.29 is 4.79 Å². The van der Waals surface area contributed by atoms with E-state index in [0.29, 0.717) is 23.3 Å². The second-order valence-corrected chi connectivity index (χ2v) is 7.67. The Labute approximate surface area is 166 Å². The van der Waals surface area contributed by atoms with Crippen LogP contribution in [0.1, 0.15) is 36.7 Å². The number of thioether (sulfide) groups is 1. The van der Waals surface area contributed by atoms with Gasteiger partial charge in [-0.25, -0.2) is 4.68 Å². The largest absolute Gasteiger partial charge is 0.328 e. The number of carbonyl (C=O) groups is 1. The van der Waals surface area contributed by atoms with Gasteiger partial charge in [0.05, 0.1) is 11.4 Å². The van der Waals surface area contributed by atoms with Crippen LogP contribution in [0.2, 0.25) is 0 Å². The number of pyridine rings is 2. The minimum atomic E-state index is -0.336. The number of anilines is 1. The van der Waals surface area contributed by atoms with Crippen LogP contribution in [0.5, 0.6) is 0 Å². The van der Waals surface area contributed by atoms with Crippen molar-refractivity contribution >= 4 is 23.5 Å². The lowest BCUT2D eigenvalue weighted by molar-refractivity contribution is -0.116. The number of ketones is 1. The highest BCUT2D eigenvalue weighted by Gasteiger charge is 2.37. The van der Waals surface area contributed by atoms with E-state index in [0.717, 1.165) is 35.5 Å². The molecule has 28 heavy (non-hydrogen) atoms. The van der Waals surface area contributed by atoms with Crippen molar-refractivity contribution in [2.75, 3.05) is 5.32 Å². The van der Waals surface area contributed by atoms with Crippen molar-refractivity contribution in [3.8, 4) is 0 Å². The monoisotopic (exact) mass is 390 g/mol. The number of nitrogens with one attached hydrogen (secondary N) is 1. The van der Waals surface area contributed by atoms with Gasteiger partial charge in [-0.15, -0.1) is 5.10 Å². The summed E-state index contributed by atoms with van der Waals surface area (Å²) in [7, 11) is 0. The molecule has 4 heterocycles. The van der Waals surface area contributed by atoms with Gasteiger partial charge in [-0.2, -0.15) is 4.98 Å². The van der Waals surface area contributed by atoms with Crippen LogP contribution in [0.3, 0.4) is 0 Å². The first kappa shape index (κ1) is 17.1. The van der Waals surface area contributed by atoms with Gasteiger partial charge >= 0.3 is 0 Å². The van der Waals surface area contributed by atoms with Gasteiger partial charge in [0.15, 0.2) is 5.78 Å². The Balaban J connectivity index is 1.51. The Bertz CT molecular complexity index is 1050. The molecule has 1 aliphatic heterocycles. The average molecular weight is 390 g/mol. The van der Waals surface area contributed by atoms with E-state index in [1.165, 1.54) is 11.8 Å². The fraction of sp³-hybridized carbons (Fsp3) is 0.250. The first-order chi connectivity index (χ1) is 13.8. The van der Waals surface area contributed by atoms with Crippen LogP contribution in [0, 0.1) is 0 Å². The molecule has 8 heteroatoms. The Kier molecular flexibility index (Phi) is 4.40. The maximum Gasteiger partial charge on any atom is 0.227 e. The maximum atomic E-state index is 12.7. The lowest BCUT2D eigenvalue weighted by Crippen LogP contribution is -2.32. The minimum Gasteiger partial charge on any atom is -0.328 e. The molecule has 3 aromatic heterocycles. The first-order valence-electron chi connectivity index (χ1n) is 9.23. The lowest BCUT2D eigenvalue weighted by atomic mass is 9.87. The summed E-state index contributed by atoms with van der Waals surface area (Å²) in [5.74, 6) is 1.51. The van der Waals surface area contributed by atoms with Gasteiger partial charge in [0.2, 0.25) is 11.1 Å². The molecule has 140 valence electrons. The zero-order chi connectivity index (χ0) is 18.9. The van der Waals surface area contributed by atoms with Gasteiger partial charge in [-0.1, -0.05) is 23.9 Å². The highest BCUT2D eigenvalue weighted by molar-refractivity contribution is 7.98. The molecule has 0 amide bonds. The number of nitrogens with zero attached hydrogens (tertiary/aromatic N) is 5. The first-order valence-corrected chi connectivity index (χ1v) is 10.2. The standard InChI is InChI=1S/C20H18N6OS/c27-16-9-5-8-14-17(16)18(15-7-2-4-11-22-15)26-19(23-14)24-20(25-26)28-12-13-6-1-3-10-21-13/h1-4,6-7,10-11,18H,5,8-9,12H2,(H,23,24,25). The van der Waals surface area contributed by atoms with Crippen LogP contribution in [-0.2, 0) is 10.5 Å². The van der Waals surface area contributed by atoms with Crippen LogP contribution < -0.4 is 5.32 Å². The van der Waals surface area contributed by atoms with E-state index in [1.807, 2.05) is 36.4 Å². The number of hydrogen-bond acceptors (Lipinski definition) is 7. The predicted octanol–water partition coefficient (Wildman–Crippen LogP) is 3.38. The van der Waals surface area contributed by atoms with Gasteiger partial charge < -0.3 is 5.32 Å². The van der Waals surface area contributed by atoms with Crippen LogP contribution in [0.15, 0.2) is 65.2 Å². The molecule has 1 N–H and O–H groups in total. The molecule has 2 aliphatic rings. The molecule has 3 aromatic rings. The molecule has 0 saturated carbocycles. The Morgan fingerprint density at radius 3 is 2.75 bits per heavy atom. The third kappa shape index (κ3) is 3.09. The second kappa shape index (κ2) is 7.20. The molecule has 0 radical (unpaired) electrons. The van der Waals surface area contributed by atoms with Crippen LogP contribution in [-0.4, -0.2) is 30.5 Å². The van der Waals surface area contributed by atoms with Gasteiger partial charge in [0.25, 0.3) is 0 Å². The summed E-state index contributed by atoms with van der Waals surface area (Å²) in [6.07, 6.45) is 5.79. The van der Waals surface area contributed by atoms with Crippen LogP contribution in [0.25, 0.3) is 0 Å². The molecule has 1 unspecified atom stereocenters. The molecule has 5 rings (SSSR count). The van der Waals surface area contributed by atoms with Crippen LogP contribution >= 0.6 is 11.8 Å². The average Bonchev–Trinajstić information content (AvgIpc) is 3.15. The van der Waals surface area contributed by atoms with Crippen molar-refractivity contribution in [3.05, 3.63) is 71.4 Å². The van der Waals surface area contributed by atoms with Crippen LogP contribution in [0.4, 0.5) is 5.95 Å². The van der Waals surface area contributed by atoms with Gasteiger partial charge in [0.1, 0.15) is 6.04 Å². The van der Waals surface area contributed by atoms with Crippen molar-refractivity contribution in [2.45, 2.75) is 36.2 Å². The second-order valence-electron chi connectivity index (χ2n) is 6.72. The molecule has 0 spiro atoms. The van der Waals surface area contributed by atoms with E-state index in [1.54, 1.807) is 17.1 Å². The minimum absolute atomic E-state index is 0.160. The molecule has 0 fully saturated rings. The summed E-state index contributed by atoms with van der Waals surface area (Å²) in [6.45, 7) is 0. The number of allylic oxidation sites excluding steroid dienone is 2. The summed E-state index contributed by atoms with van der Waals surface area (Å²) in [5, 5.41) is 8.69. The number of aromatic nitrogens is 5. The lowest BCUT2D eigenvalue weighted by Gasteiger charge is -2.31. The zero-order valence-electron chi connectivity index (χ0n) is 15.1. The van der Waals surface area contributed by atoms with Crippen molar-refractivity contribution in [2.24, 2.45) is 0 Å². The molecule has 0 bridgehead atoms. The molecular formula is C20H18N6OS. The van der Waals surface area contributed by atoms with Gasteiger partial charge in [-0.05, 0) is 37.1 Å². The third-order valence-electron chi connectivity index (χ3n) is 4.89. The van der Waals surface area contributed by atoms with Crippen molar-refractivity contribution in [3.63, 3.8) is 0 Å². The maximum absolute atomic E-state index is 12.7. The predicted molar refractivity (Wildman–Crippen MR) is 106 cm³/mol. The van der Waals surface area contributed by atoms with Gasteiger partial charge in [0, 0.05) is 35.8 Å². The van der Waals surface area contributed by atoms with Crippen molar-refractivity contribution in [1.82, 2.24) is 24.7 Å². The van der Waals surface area contributed by atoms with E-state index in [4.69, 9.17) is 5.10 Å². The Hall–Kier alpha value is -3.00. The molecule has 0 saturated heterocycles. The summed E-state index contributed by atoms with van der Waals surface area (Å²) < 4.78 is 1.80. The highest BCUT2D eigenvalue weighted by atomic mass is 32.2. The van der Waals surface area contributed by atoms with E-state index in [-0.39, 0.29) is 11.8 Å². The highest BCUT2D eigenvalue weighted by Crippen LogP contribution is 2.39. The zero-order valence-corrected chi connectivity index (χ0v) is 15.9. The molecule has 1 aliphatic carbocycles. The SMILES string of the molecule is O=C1CCCC2=C1C(c1ccccn1)n1nc(SCc3ccccn3)nc1N2. The third-order valence-corrected chi connectivity index (χ3v) is 5.76. The summed E-state index contributed by atoms with van der Waals surface area (Å²) in [6, 6.07) is 11.3. The number of Topliss-reactive ketones (excluding diaryl/α,β-unsaturated/α-hetero) is 1. The van der Waals surface area contributed by atoms with Gasteiger partial charge in [-0.3, -0.25) is 14.8 Å². The Morgan fingerprint density at radius 2 is 1.96 bits per heavy atom. The van der Waals surface area contributed by atoms with E-state index < -0.39 is 0 Å². The fourth-order valence-electron chi connectivity index (χ4n) is 3.63. The smallest absolute Gasteiger partial charge is 0.227 e. The molecule has 0 aromatic carbocycles. The summed E-state index contributed by atoms with van der Waals surface area (Å²) in [4.78, 5) is 26.3. The number of fused-ring (bicyclic) bond motifs is 1. The Morgan fingerprint density at radius 1 is 1.11 bits per heavy atom. The summed E-state index contributed by atoms with van der Waals surface area (Å²) >= 11 is 1.53. The molecule has 7 nitrogen and oxygen atoms in total.